The Morgan fingerprint density at radius 2 is 2.06 bits per heavy atom. The van der Waals surface area contributed by atoms with Gasteiger partial charge in [-0.15, -0.1) is 0 Å². The van der Waals surface area contributed by atoms with Crippen molar-refractivity contribution < 1.29 is 9.53 Å². The third kappa shape index (κ3) is 4.22. The SMILES string of the molecule is CCCC(=O)c1ccc(OCC(C)C)c(C)c1. The molecule has 0 saturated heterocycles. The van der Waals surface area contributed by atoms with E-state index in [2.05, 4.69) is 13.8 Å². The second-order valence-corrected chi connectivity index (χ2v) is 4.86. The van der Waals surface area contributed by atoms with Gasteiger partial charge in [-0.3, -0.25) is 4.79 Å². The molecule has 94 valence electrons. The maximum Gasteiger partial charge on any atom is 0.162 e. The first kappa shape index (κ1) is 13.8. The lowest BCUT2D eigenvalue weighted by atomic mass is 10.0. The van der Waals surface area contributed by atoms with Crippen molar-refractivity contribution in [2.75, 3.05) is 6.61 Å². The second-order valence-electron chi connectivity index (χ2n) is 4.86. The molecule has 0 bridgehead atoms. The summed E-state index contributed by atoms with van der Waals surface area (Å²) in [6.07, 6.45) is 1.51. The average molecular weight is 234 g/mol. The largest absolute Gasteiger partial charge is 0.493 e. The number of benzene rings is 1. The van der Waals surface area contributed by atoms with Gasteiger partial charge in [-0.25, -0.2) is 0 Å². The topological polar surface area (TPSA) is 26.3 Å². The number of carbonyl (C=O) groups excluding carboxylic acids is 1. The summed E-state index contributed by atoms with van der Waals surface area (Å²) < 4.78 is 5.68. The number of aryl methyl sites for hydroxylation is 1. The molecule has 0 saturated carbocycles. The van der Waals surface area contributed by atoms with Crippen LogP contribution >= 0.6 is 0 Å². The minimum Gasteiger partial charge on any atom is -0.493 e. The standard InChI is InChI=1S/C15H22O2/c1-5-6-14(16)13-7-8-15(12(4)9-13)17-10-11(2)3/h7-9,11H,5-6,10H2,1-4H3. The van der Waals surface area contributed by atoms with Gasteiger partial charge in [0.2, 0.25) is 0 Å². The first-order valence-corrected chi connectivity index (χ1v) is 6.31. The number of ether oxygens (including phenoxy) is 1. The van der Waals surface area contributed by atoms with E-state index >= 15 is 0 Å². The molecule has 0 aliphatic rings. The summed E-state index contributed by atoms with van der Waals surface area (Å²) in [5, 5.41) is 0. The molecule has 2 nitrogen and oxygen atoms in total. The highest BCUT2D eigenvalue weighted by molar-refractivity contribution is 5.96. The van der Waals surface area contributed by atoms with Crippen LogP contribution in [0.2, 0.25) is 0 Å². The summed E-state index contributed by atoms with van der Waals surface area (Å²) in [7, 11) is 0. The van der Waals surface area contributed by atoms with E-state index in [1.54, 1.807) is 0 Å². The monoisotopic (exact) mass is 234 g/mol. The van der Waals surface area contributed by atoms with Crippen molar-refractivity contribution in [1.29, 1.82) is 0 Å². The Balaban J connectivity index is 2.75. The van der Waals surface area contributed by atoms with Crippen LogP contribution in [0.25, 0.3) is 0 Å². The Kier molecular flexibility index (Phi) is 5.20. The fourth-order valence-corrected chi connectivity index (χ4v) is 1.61. The molecule has 0 amide bonds. The van der Waals surface area contributed by atoms with Crippen molar-refractivity contribution in [3.8, 4) is 5.75 Å². The molecule has 0 N–H and O–H groups in total. The number of carbonyl (C=O) groups is 1. The van der Waals surface area contributed by atoms with E-state index in [4.69, 9.17) is 4.74 Å². The van der Waals surface area contributed by atoms with E-state index < -0.39 is 0 Å². The highest BCUT2D eigenvalue weighted by atomic mass is 16.5. The van der Waals surface area contributed by atoms with Crippen LogP contribution in [-0.4, -0.2) is 12.4 Å². The smallest absolute Gasteiger partial charge is 0.162 e. The van der Waals surface area contributed by atoms with Crippen molar-refractivity contribution in [2.24, 2.45) is 5.92 Å². The lowest BCUT2D eigenvalue weighted by Gasteiger charge is -2.12. The van der Waals surface area contributed by atoms with Gasteiger partial charge in [0.1, 0.15) is 5.75 Å². The second kappa shape index (κ2) is 6.43. The van der Waals surface area contributed by atoms with Gasteiger partial charge >= 0.3 is 0 Å². The van der Waals surface area contributed by atoms with Gasteiger partial charge in [-0.05, 0) is 43.0 Å². The molecule has 1 rings (SSSR count). The maximum atomic E-state index is 11.7. The highest BCUT2D eigenvalue weighted by Gasteiger charge is 2.07. The minimum absolute atomic E-state index is 0.214. The quantitative estimate of drug-likeness (QED) is 0.695. The Morgan fingerprint density at radius 3 is 2.59 bits per heavy atom. The van der Waals surface area contributed by atoms with Crippen LogP contribution in [0.3, 0.4) is 0 Å². The molecule has 0 aromatic heterocycles. The van der Waals surface area contributed by atoms with E-state index in [0.29, 0.717) is 18.9 Å². The molecule has 0 fully saturated rings. The van der Waals surface area contributed by atoms with Gasteiger partial charge < -0.3 is 4.74 Å². The zero-order valence-corrected chi connectivity index (χ0v) is 11.2. The number of ketones is 1. The molecule has 1 aromatic carbocycles. The number of hydrogen-bond donors (Lipinski definition) is 0. The predicted octanol–water partition coefficient (Wildman–Crippen LogP) is 4.01. The molecule has 0 heterocycles. The van der Waals surface area contributed by atoms with Crippen molar-refractivity contribution in [1.82, 2.24) is 0 Å². The van der Waals surface area contributed by atoms with Crippen LogP contribution in [0.1, 0.15) is 49.5 Å². The van der Waals surface area contributed by atoms with Crippen LogP contribution < -0.4 is 4.74 Å². The molecule has 1 aromatic rings. The average Bonchev–Trinajstić information content (AvgIpc) is 2.27. The summed E-state index contributed by atoms with van der Waals surface area (Å²) in [5.74, 6) is 1.61. The van der Waals surface area contributed by atoms with Gasteiger partial charge in [0.15, 0.2) is 5.78 Å². The summed E-state index contributed by atoms with van der Waals surface area (Å²) in [6.45, 7) is 8.95. The van der Waals surface area contributed by atoms with Crippen LogP contribution in [-0.2, 0) is 0 Å². The van der Waals surface area contributed by atoms with Crippen molar-refractivity contribution in [3.63, 3.8) is 0 Å². The Hall–Kier alpha value is -1.31. The summed E-state index contributed by atoms with van der Waals surface area (Å²) in [5.41, 5.74) is 1.83. The number of Topliss-reactive ketones (excluding diaryl/α,β-unsaturated/α-hetero) is 1. The van der Waals surface area contributed by atoms with E-state index in [0.717, 1.165) is 23.3 Å². The molecule has 0 atom stereocenters. The number of hydrogen-bond acceptors (Lipinski definition) is 2. The van der Waals surface area contributed by atoms with Crippen molar-refractivity contribution in [2.45, 2.75) is 40.5 Å². The minimum atomic E-state index is 0.214. The molecule has 0 aliphatic heterocycles. The zero-order chi connectivity index (χ0) is 12.8. The normalized spacial score (nSPS) is 10.6. The molecule has 0 unspecified atom stereocenters. The first-order chi connectivity index (χ1) is 8.04. The number of rotatable bonds is 6. The van der Waals surface area contributed by atoms with E-state index in [9.17, 15) is 4.79 Å². The highest BCUT2D eigenvalue weighted by Crippen LogP contribution is 2.20. The fourth-order valence-electron chi connectivity index (χ4n) is 1.61. The maximum absolute atomic E-state index is 11.7. The predicted molar refractivity (Wildman–Crippen MR) is 70.8 cm³/mol. The Bertz CT molecular complexity index is 381. The van der Waals surface area contributed by atoms with E-state index in [-0.39, 0.29) is 5.78 Å². The molecule has 0 aliphatic carbocycles. The van der Waals surface area contributed by atoms with Gasteiger partial charge in [0.05, 0.1) is 6.61 Å². The van der Waals surface area contributed by atoms with Gasteiger partial charge in [-0.1, -0.05) is 20.8 Å². The third-order valence-electron chi connectivity index (χ3n) is 2.55. The molecule has 0 radical (unpaired) electrons. The zero-order valence-electron chi connectivity index (χ0n) is 11.2. The molecule has 0 spiro atoms. The van der Waals surface area contributed by atoms with Crippen molar-refractivity contribution >= 4 is 5.78 Å². The van der Waals surface area contributed by atoms with Gasteiger partial charge in [0, 0.05) is 12.0 Å². The molecular weight excluding hydrogens is 212 g/mol. The first-order valence-electron chi connectivity index (χ1n) is 6.31. The van der Waals surface area contributed by atoms with E-state index in [1.165, 1.54) is 0 Å². The summed E-state index contributed by atoms with van der Waals surface area (Å²) in [4.78, 5) is 11.7. The Labute approximate surface area is 104 Å². The van der Waals surface area contributed by atoms with Gasteiger partial charge in [-0.2, -0.15) is 0 Å². The lowest BCUT2D eigenvalue weighted by molar-refractivity contribution is 0.0981. The van der Waals surface area contributed by atoms with Crippen LogP contribution in [0, 0.1) is 12.8 Å². The van der Waals surface area contributed by atoms with Crippen LogP contribution in [0.4, 0.5) is 0 Å². The fraction of sp³-hybridized carbons (Fsp3) is 0.533. The summed E-state index contributed by atoms with van der Waals surface area (Å²) in [6, 6.07) is 5.69. The molecule has 17 heavy (non-hydrogen) atoms. The molecular formula is C15H22O2. The van der Waals surface area contributed by atoms with Crippen LogP contribution in [0.5, 0.6) is 5.75 Å². The molecule has 2 heteroatoms. The Morgan fingerprint density at radius 1 is 1.35 bits per heavy atom. The van der Waals surface area contributed by atoms with Crippen LogP contribution in [0.15, 0.2) is 18.2 Å². The summed E-state index contributed by atoms with van der Waals surface area (Å²) >= 11 is 0. The third-order valence-corrected chi connectivity index (χ3v) is 2.55. The van der Waals surface area contributed by atoms with Gasteiger partial charge in [0.25, 0.3) is 0 Å². The lowest BCUT2D eigenvalue weighted by Crippen LogP contribution is -2.06. The van der Waals surface area contributed by atoms with Crippen molar-refractivity contribution in [3.05, 3.63) is 29.3 Å². The van der Waals surface area contributed by atoms with E-state index in [1.807, 2.05) is 32.0 Å².